The van der Waals surface area contributed by atoms with Crippen molar-refractivity contribution in [2.75, 3.05) is 0 Å². The van der Waals surface area contributed by atoms with E-state index < -0.39 is 56.4 Å². The highest BCUT2D eigenvalue weighted by atomic mass is 28.3. The predicted octanol–water partition coefficient (Wildman–Crippen LogP) is 9.78. The van der Waals surface area contributed by atoms with Gasteiger partial charge in [0.1, 0.15) is 0 Å². The molecule has 0 atom stereocenters. The third-order valence-corrected chi connectivity index (χ3v) is 16.1. The maximum Gasteiger partial charge on any atom is 0.238 e. The van der Waals surface area contributed by atoms with Crippen molar-refractivity contribution in [1.29, 1.82) is 0 Å². The van der Waals surface area contributed by atoms with Crippen molar-refractivity contribution < 1.29 is 11.0 Å². The lowest BCUT2D eigenvalue weighted by atomic mass is 10.1. The van der Waals surface area contributed by atoms with E-state index in [1.54, 1.807) is 0 Å². The summed E-state index contributed by atoms with van der Waals surface area (Å²) in [5, 5.41) is 3.74. The second-order valence-corrected chi connectivity index (χ2v) is 18.6. The molecule has 1 aliphatic heterocycles. The van der Waals surface area contributed by atoms with Crippen LogP contribution >= 0.6 is 0 Å². The lowest BCUT2D eigenvalue weighted by Gasteiger charge is -2.30. The Morgan fingerprint density at radius 2 is 0.839 bits per heavy atom. The van der Waals surface area contributed by atoms with Crippen LogP contribution in [0, 0.1) is 0 Å². The maximum atomic E-state index is 9.21. The van der Waals surface area contributed by atoms with E-state index in [2.05, 4.69) is 72.8 Å². The van der Waals surface area contributed by atoms with Crippen molar-refractivity contribution in [1.82, 2.24) is 29.5 Å². The summed E-state index contributed by atoms with van der Waals surface area (Å²) in [6, 6.07) is 52.6. The quantitative estimate of drug-likeness (QED) is 0.150. The Morgan fingerprint density at radius 3 is 1.39 bits per heavy atom. The first-order valence-corrected chi connectivity index (χ1v) is 22.2. The van der Waals surface area contributed by atoms with Gasteiger partial charge in [0.25, 0.3) is 0 Å². The first-order chi connectivity index (χ1) is 34.1. The molecule has 290 valence electrons. The van der Waals surface area contributed by atoms with Gasteiger partial charge in [-0.2, -0.15) is 9.97 Å². The van der Waals surface area contributed by atoms with Gasteiger partial charge in [-0.3, -0.25) is 14.5 Å². The molecule has 7 aromatic carbocycles. The molecule has 5 heterocycles. The maximum absolute atomic E-state index is 9.21. The lowest BCUT2D eigenvalue weighted by Crippen LogP contribution is -2.74. The smallest absolute Gasteiger partial charge is 0.238 e. The molecular formula is C55H36N6Si. The first-order valence-electron chi connectivity index (χ1n) is 24.2. The van der Waals surface area contributed by atoms with E-state index in [9.17, 15) is 2.74 Å². The number of pyridine rings is 2. The molecular weight excluding hydrogens is 773 g/mol. The molecule has 1 aliphatic rings. The fraction of sp³-hybridized carbons (Fsp3) is 0. The van der Waals surface area contributed by atoms with E-state index in [1.165, 1.54) is 4.57 Å². The standard InChI is InChI=1S/C55H36N6Si/c1-5-18-37(19-6-1)47-34-32-45-46-33-35-48(38-20-7-2-8-21-38)57-54(46)62(53(45)56-47,41-25-11-4-12-26-41)42-27-17-24-40(36-42)52-58-51(39-22-9-3-10-23-39)59-55(60-52)61-49-30-15-13-28-43(49)44-29-14-16-31-50(44)61/h1-36H/i13D,14D,15D,16D,28D,29D,30D,31D. The van der Waals surface area contributed by atoms with Crippen LogP contribution in [0.2, 0.25) is 0 Å². The number of rotatable bonds is 7. The molecule has 0 saturated heterocycles. The minimum atomic E-state index is -3.45. The van der Waals surface area contributed by atoms with Gasteiger partial charge in [-0.15, -0.1) is 0 Å². The predicted molar refractivity (Wildman–Crippen MR) is 254 cm³/mol. The summed E-state index contributed by atoms with van der Waals surface area (Å²) in [6.07, 6.45) is 0. The molecule has 12 rings (SSSR count). The van der Waals surface area contributed by atoms with Crippen LogP contribution < -0.4 is 21.0 Å². The highest BCUT2D eigenvalue weighted by Gasteiger charge is 2.52. The molecule has 11 aromatic rings. The molecule has 0 unspecified atom stereocenters. The first kappa shape index (κ1) is 28.4. The molecule has 0 saturated carbocycles. The molecule has 6 nitrogen and oxygen atoms in total. The highest BCUT2D eigenvalue weighted by Crippen LogP contribution is 2.34. The summed E-state index contributed by atoms with van der Waals surface area (Å²) in [7, 11) is -3.45. The fourth-order valence-electron chi connectivity index (χ4n) is 8.80. The van der Waals surface area contributed by atoms with Crippen LogP contribution in [0.1, 0.15) is 11.0 Å². The number of fused-ring (bicyclic) bond motifs is 6. The van der Waals surface area contributed by atoms with Gasteiger partial charge in [0.15, 0.2) is 11.6 Å². The van der Waals surface area contributed by atoms with Crippen LogP contribution in [0.5, 0.6) is 0 Å². The Bertz CT molecular complexity index is 3770. The largest absolute Gasteiger partial charge is 0.278 e. The lowest BCUT2D eigenvalue weighted by molar-refractivity contribution is 0.953. The Labute approximate surface area is 370 Å². The number of hydrogen-bond donors (Lipinski definition) is 0. The summed E-state index contributed by atoms with van der Waals surface area (Å²) in [5.74, 6) is 0.354. The van der Waals surface area contributed by atoms with Crippen LogP contribution in [0.15, 0.2) is 218 Å². The van der Waals surface area contributed by atoms with Gasteiger partial charge in [-0.05, 0) is 34.6 Å². The van der Waals surface area contributed by atoms with Crippen LogP contribution in [0.25, 0.3) is 84.2 Å². The zero-order chi connectivity index (χ0) is 48.0. The SMILES string of the molecule is [2H]c1c([2H])c([2H])c2c(c1[2H])c1c([2H])c([2H])c([2H])c([2H])c1n2-c1nc(-c2ccccc2)nc(-c2cccc([Si]3(c4ccccc4)c4nc(-c5ccccc5)ccc4-c4ccc(-c5ccccc5)nc43)c2)n1. The molecule has 0 N–H and O–H groups in total. The van der Waals surface area contributed by atoms with Gasteiger partial charge in [0, 0.05) is 54.8 Å². The average molecular weight is 817 g/mol. The molecule has 7 heteroatoms. The second-order valence-electron chi connectivity index (χ2n) is 15.0. The van der Waals surface area contributed by atoms with Gasteiger partial charge in [0.05, 0.1) is 33.4 Å². The van der Waals surface area contributed by atoms with Crippen molar-refractivity contribution in [2.24, 2.45) is 0 Å². The molecule has 0 fully saturated rings. The molecule has 0 aliphatic carbocycles. The van der Waals surface area contributed by atoms with Crippen molar-refractivity contribution in [3.8, 4) is 62.4 Å². The van der Waals surface area contributed by atoms with Gasteiger partial charge in [-0.25, -0.2) is 4.98 Å². The molecule has 0 amide bonds. The normalized spacial score (nSPS) is 14.5. The van der Waals surface area contributed by atoms with E-state index >= 15 is 0 Å². The number of benzene rings is 7. The van der Waals surface area contributed by atoms with Gasteiger partial charge >= 0.3 is 0 Å². The van der Waals surface area contributed by atoms with E-state index in [-0.39, 0.29) is 39.4 Å². The summed E-state index contributed by atoms with van der Waals surface area (Å²) >= 11 is 0. The number of aromatic nitrogens is 6. The van der Waals surface area contributed by atoms with Gasteiger partial charge in [0.2, 0.25) is 14.0 Å². The molecule has 0 spiro atoms. The summed E-state index contributed by atoms with van der Waals surface area (Å²) < 4.78 is 72.5. The molecule has 0 bridgehead atoms. The molecule has 62 heavy (non-hydrogen) atoms. The number of para-hydroxylation sites is 2. The zero-order valence-corrected chi connectivity index (χ0v) is 33.8. The van der Waals surface area contributed by atoms with Crippen molar-refractivity contribution in [3.63, 3.8) is 0 Å². The Morgan fingerprint density at radius 1 is 0.387 bits per heavy atom. The van der Waals surface area contributed by atoms with Gasteiger partial charge in [-0.1, -0.05) is 194 Å². The average Bonchev–Trinajstić information content (AvgIpc) is 3.93. The third kappa shape index (κ3) is 5.67. The Hall–Kier alpha value is -8.13. The minimum Gasteiger partial charge on any atom is -0.278 e. The monoisotopic (exact) mass is 816 g/mol. The Balaban J connectivity index is 1.17. The van der Waals surface area contributed by atoms with Crippen LogP contribution in [-0.2, 0) is 0 Å². The van der Waals surface area contributed by atoms with Crippen molar-refractivity contribution >= 4 is 50.9 Å². The Kier molecular flexibility index (Phi) is 6.65. The summed E-state index contributed by atoms with van der Waals surface area (Å²) in [4.78, 5) is 26.4. The minimum absolute atomic E-state index is 0.0719. The topological polar surface area (TPSA) is 69.4 Å². The highest BCUT2D eigenvalue weighted by molar-refractivity contribution is 7.21. The van der Waals surface area contributed by atoms with Crippen LogP contribution in [0.3, 0.4) is 0 Å². The van der Waals surface area contributed by atoms with Crippen LogP contribution in [0.4, 0.5) is 0 Å². The third-order valence-electron chi connectivity index (χ3n) is 11.6. The van der Waals surface area contributed by atoms with E-state index in [4.69, 9.17) is 33.1 Å². The summed E-state index contributed by atoms with van der Waals surface area (Å²) in [6.45, 7) is 0. The van der Waals surface area contributed by atoms with Crippen molar-refractivity contribution in [3.05, 3.63) is 218 Å². The zero-order valence-electron chi connectivity index (χ0n) is 40.8. The number of hydrogen-bond acceptors (Lipinski definition) is 5. The van der Waals surface area contributed by atoms with E-state index in [1.807, 2.05) is 97.1 Å². The van der Waals surface area contributed by atoms with Crippen LogP contribution in [-0.4, -0.2) is 37.6 Å². The second kappa shape index (κ2) is 14.5. The number of nitrogens with zero attached hydrogens (tertiary/aromatic N) is 6. The van der Waals surface area contributed by atoms with Crippen molar-refractivity contribution in [2.45, 2.75) is 0 Å². The summed E-state index contributed by atoms with van der Waals surface area (Å²) in [5.41, 5.74) is 6.66. The van der Waals surface area contributed by atoms with Gasteiger partial charge < -0.3 is 0 Å². The van der Waals surface area contributed by atoms with E-state index in [0.717, 1.165) is 54.6 Å². The molecule has 0 radical (unpaired) electrons. The molecule has 4 aromatic heterocycles. The van der Waals surface area contributed by atoms with E-state index in [0.29, 0.717) is 11.1 Å². The fourth-order valence-corrected chi connectivity index (χ4v) is 13.7.